The van der Waals surface area contributed by atoms with Crippen LogP contribution in [0.15, 0.2) is 0 Å². The van der Waals surface area contributed by atoms with E-state index in [1.807, 2.05) is 0 Å². The first-order valence-electron chi connectivity index (χ1n) is 4.68. The zero-order valence-electron chi connectivity index (χ0n) is 8.34. The van der Waals surface area contributed by atoms with E-state index in [0.29, 0.717) is 18.7 Å². The molecule has 0 aromatic carbocycles. The average molecular weight is 247 g/mol. The molecule has 2 unspecified atom stereocenters. The number of carbonyl (C=O) groups is 2. The van der Waals surface area contributed by atoms with Crippen LogP contribution in [-0.4, -0.2) is 39.2 Å². The third kappa shape index (κ3) is 2.49. The summed E-state index contributed by atoms with van der Waals surface area (Å²) in [6, 6.07) is 0. The SMILES string of the molecule is CC(CS)C(=O)C1CCN(C(=O)O)C1=S. The molecule has 1 fully saturated rings. The first-order valence-corrected chi connectivity index (χ1v) is 5.72. The molecule has 0 saturated carbocycles. The second-order valence-corrected chi connectivity index (χ2v) is 4.38. The molecular weight excluding hydrogens is 234 g/mol. The van der Waals surface area contributed by atoms with Gasteiger partial charge in [-0.25, -0.2) is 4.79 Å². The van der Waals surface area contributed by atoms with Crippen LogP contribution in [0.5, 0.6) is 0 Å². The van der Waals surface area contributed by atoms with Crippen molar-refractivity contribution in [3.05, 3.63) is 0 Å². The monoisotopic (exact) mass is 247 g/mol. The molecule has 1 rings (SSSR count). The summed E-state index contributed by atoms with van der Waals surface area (Å²) in [5, 5.41) is 8.79. The van der Waals surface area contributed by atoms with Crippen molar-refractivity contribution in [3.8, 4) is 0 Å². The quantitative estimate of drug-likeness (QED) is 0.585. The average Bonchev–Trinajstić information content (AvgIpc) is 2.57. The summed E-state index contributed by atoms with van der Waals surface area (Å²) in [4.78, 5) is 23.8. The van der Waals surface area contributed by atoms with E-state index in [1.165, 1.54) is 0 Å². The fraction of sp³-hybridized carbons (Fsp3) is 0.667. The van der Waals surface area contributed by atoms with Crippen LogP contribution < -0.4 is 0 Å². The highest BCUT2D eigenvalue weighted by molar-refractivity contribution is 7.80. The van der Waals surface area contributed by atoms with Crippen LogP contribution in [-0.2, 0) is 4.79 Å². The highest BCUT2D eigenvalue weighted by Gasteiger charge is 2.37. The molecule has 6 heteroatoms. The fourth-order valence-corrected chi connectivity index (χ4v) is 2.15. The van der Waals surface area contributed by atoms with Gasteiger partial charge in [0.05, 0.1) is 10.9 Å². The molecule has 1 amide bonds. The Labute approximate surface area is 99.0 Å². The van der Waals surface area contributed by atoms with E-state index in [4.69, 9.17) is 17.3 Å². The lowest BCUT2D eigenvalue weighted by Gasteiger charge is -2.15. The summed E-state index contributed by atoms with van der Waals surface area (Å²) < 4.78 is 0. The number of carboxylic acid groups (broad SMARTS) is 1. The lowest BCUT2D eigenvalue weighted by Crippen LogP contribution is -2.34. The number of hydrogen-bond donors (Lipinski definition) is 2. The van der Waals surface area contributed by atoms with Gasteiger partial charge in [0, 0.05) is 12.5 Å². The first kappa shape index (κ1) is 12.4. The van der Waals surface area contributed by atoms with E-state index < -0.39 is 12.0 Å². The molecule has 1 aliphatic heterocycles. The van der Waals surface area contributed by atoms with Gasteiger partial charge in [0.2, 0.25) is 0 Å². The van der Waals surface area contributed by atoms with Gasteiger partial charge >= 0.3 is 6.09 Å². The summed E-state index contributed by atoms with van der Waals surface area (Å²) in [5.41, 5.74) is 0. The molecular formula is C9H13NO3S2. The van der Waals surface area contributed by atoms with Crippen molar-refractivity contribution in [1.29, 1.82) is 0 Å². The Balaban J connectivity index is 2.72. The lowest BCUT2D eigenvalue weighted by atomic mass is 9.94. The zero-order valence-corrected chi connectivity index (χ0v) is 10.1. The summed E-state index contributed by atoms with van der Waals surface area (Å²) in [5.74, 6) is -0.132. The Hall–Kier alpha value is -0.620. The highest BCUT2D eigenvalue weighted by atomic mass is 32.1. The number of amides is 1. The van der Waals surface area contributed by atoms with E-state index >= 15 is 0 Å². The maximum atomic E-state index is 11.8. The third-order valence-electron chi connectivity index (χ3n) is 2.54. The number of carbonyl (C=O) groups excluding carboxylic acids is 1. The Kier molecular flexibility index (Phi) is 4.10. The van der Waals surface area contributed by atoms with Gasteiger partial charge in [-0.05, 0) is 12.2 Å². The number of rotatable bonds is 3. The lowest BCUT2D eigenvalue weighted by molar-refractivity contribution is -0.123. The molecule has 2 atom stereocenters. The third-order valence-corrected chi connectivity index (χ3v) is 3.59. The number of thiocarbonyl (C=S) groups is 1. The zero-order chi connectivity index (χ0) is 11.6. The van der Waals surface area contributed by atoms with Crippen LogP contribution in [0, 0.1) is 11.8 Å². The Bertz CT molecular complexity index is 306. The summed E-state index contributed by atoms with van der Waals surface area (Å²) in [6.07, 6.45) is -0.573. The van der Waals surface area contributed by atoms with Crippen LogP contribution in [0.3, 0.4) is 0 Å². The number of hydrogen-bond acceptors (Lipinski definition) is 4. The summed E-state index contributed by atoms with van der Waals surface area (Å²) in [6.45, 7) is 2.10. The van der Waals surface area contributed by atoms with Crippen molar-refractivity contribution in [2.24, 2.45) is 11.8 Å². The molecule has 1 N–H and O–H groups in total. The van der Waals surface area contributed by atoms with E-state index in [-0.39, 0.29) is 16.7 Å². The molecule has 0 aromatic rings. The minimum absolute atomic E-state index is 0.00116. The Morgan fingerprint density at radius 2 is 2.33 bits per heavy atom. The maximum absolute atomic E-state index is 11.8. The van der Waals surface area contributed by atoms with Gasteiger partial charge in [0.1, 0.15) is 5.78 Å². The smallest absolute Gasteiger partial charge is 0.412 e. The standard InChI is InChI=1S/C9H13NO3S2/c1-5(4-14)7(11)6-2-3-10(8(6)15)9(12)13/h5-6,14H,2-4H2,1H3,(H,12,13). The van der Waals surface area contributed by atoms with Crippen LogP contribution in [0.2, 0.25) is 0 Å². The van der Waals surface area contributed by atoms with Gasteiger partial charge < -0.3 is 5.11 Å². The van der Waals surface area contributed by atoms with Crippen molar-refractivity contribution in [1.82, 2.24) is 4.90 Å². The van der Waals surface area contributed by atoms with Crippen LogP contribution >= 0.6 is 24.8 Å². The molecule has 1 aliphatic rings. The number of ketones is 1. The van der Waals surface area contributed by atoms with Crippen molar-refractivity contribution < 1.29 is 14.7 Å². The fourth-order valence-electron chi connectivity index (χ4n) is 1.57. The van der Waals surface area contributed by atoms with Crippen molar-refractivity contribution >= 4 is 41.7 Å². The van der Waals surface area contributed by atoms with Gasteiger partial charge in [-0.3, -0.25) is 9.69 Å². The molecule has 0 bridgehead atoms. The highest BCUT2D eigenvalue weighted by Crippen LogP contribution is 2.23. The number of likely N-dealkylation sites (tertiary alicyclic amines) is 1. The second kappa shape index (κ2) is 4.94. The van der Waals surface area contributed by atoms with Gasteiger partial charge in [0.15, 0.2) is 0 Å². The van der Waals surface area contributed by atoms with Crippen LogP contribution in [0.4, 0.5) is 4.79 Å². The predicted octanol–water partition coefficient (Wildman–Crippen LogP) is 1.45. The minimum atomic E-state index is -1.08. The Morgan fingerprint density at radius 1 is 1.73 bits per heavy atom. The largest absolute Gasteiger partial charge is 0.465 e. The van der Waals surface area contributed by atoms with Gasteiger partial charge in [-0.15, -0.1) is 0 Å². The van der Waals surface area contributed by atoms with E-state index in [2.05, 4.69) is 12.6 Å². The molecule has 0 aromatic heterocycles. The minimum Gasteiger partial charge on any atom is -0.465 e. The van der Waals surface area contributed by atoms with Crippen molar-refractivity contribution in [3.63, 3.8) is 0 Å². The van der Waals surface area contributed by atoms with E-state index in [1.54, 1.807) is 6.92 Å². The molecule has 84 valence electrons. The topological polar surface area (TPSA) is 57.6 Å². The Morgan fingerprint density at radius 3 is 2.73 bits per heavy atom. The first-order chi connectivity index (χ1) is 6.99. The second-order valence-electron chi connectivity index (χ2n) is 3.60. The van der Waals surface area contributed by atoms with Gasteiger partial charge in [-0.1, -0.05) is 19.1 Å². The summed E-state index contributed by atoms with van der Waals surface area (Å²) in [7, 11) is 0. The van der Waals surface area contributed by atoms with Gasteiger partial charge in [-0.2, -0.15) is 12.6 Å². The molecule has 1 saturated heterocycles. The number of nitrogens with zero attached hydrogens (tertiary/aromatic N) is 1. The normalized spacial score (nSPS) is 22.9. The molecule has 0 aliphatic carbocycles. The number of thiol groups is 1. The predicted molar refractivity (Wildman–Crippen MR) is 63.5 cm³/mol. The van der Waals surface area contributed by atoms with Gasteiger partial charge in [0.25, 0.3) is 0 Å². The van der Waals surface area contributed by atoms with E-state index in [0.717, 1.165) is 4.90 Å². The molecule has 0 radical (unpaired) electrons. The molecule has 15 heavy (non-hydrogen) atoms. The van der Waals surface area contributed by atoms with Crippen LogP contribution in [0.25, 0.3) is 0 Å². The molecule has 0 spiro atoms. The maximum Gasteiger partial charge on any atom is 0.412 e. The van der Waals surface area contributed by atoms with Crippen molar-refractivity contribution in [2.45, 2.75) is 13.3 Å². The molecule has 1 heterocycles. The van der Waals surface area contributed by atoms with Crippen molar-refractivity contribution in [2.75, 3.05) is 12.3 Å². The van der Waals surface area contributed by atoms with E-state index in [9.17, 15) is 9.59 Å². The summed E-state index contributed by atoms with van der Waals surface area (Å²) >= 11 is 9.03. The number of Topliss-reactive ketones (excluding diaryl/α,β-unsaturated/α-hetero) is 1. The molecule has 4 nitrogen and oxygen atoms in total. The van der Waals surface area contributed by atoms with Crippen LogP contribution in [0.1, 0.15) is 13.3 Å².